The third kappa shape index (κ3) is 3.64. The van der Waals surface area contributed by atoms with E-state index in [1.54, 1.807) is 12.1 Å². The second-order valence-electron chi connectivity index (χ2n) is 3.11. The lowest BCUT2D eigenvalue weighted by Gasteiger charge is -2.08. The van der Waals surface area contributed by atoms with E-state index in [9.17, 15) is 4.79 Å². The zero-order valence-corrected chi connectivity index (χ0v) is 10.4. The average Bonchev–Trinajstić information content (AvgIpc) is 2.32. The van der Waals surface area contributed by atoms with Gasteiger partial charge in [0.1, 0.15) is 12.9 Å². The van der Waals surface area contributed by atoms with Crippen LogP contribution in [-0.2, 0) is 14.4 Å². The van der Waals surface area contributed by atoms with Crippen LogP contribution in [0.25, 0.3) is 0 Å². The Hall–Kier alpha value is -1.75. The molecule has 0 radical (unpaired) electrons. The number of carbonyl (C=O) groups is 1. The first kappa shape index (κ1) is 13.3. The first-order valence-corrected chi connectivity index (χ1v) is 5.09. The summed E-state index contributed by atoms with van der Waals surface area (Å²) >= 11 is 5.92. The van der Waals surface area contributed by atoms with Crippen LogP contribution < -0.4 is 4.74 Å². The maximum Gasteiger partial charge on any atom is 0.397 e. The number of hydrogen-bond acceptors (Lipinski definition) is 5. The molecule has 0 unspecified atom stereocenters. The lowest BCUT2D eigenvalue weighted by atomic mass is 10.2. The molecule has 0 spiro atoms. The van der Waals surface area contributed by atoms with Gasteiger partial charge >= 0.3 is 11.9 Å². The minimum absolute atomic E-state index is 0.313. The normalized spacial score (nSPS) is 10.9. The first-order chi connectivity index (χ1) is 8.08. The van der Waals surface area contributed by atoms with Gasteiger partial charge in [-0.1, -0.05) is 17.7 Å². The lowest BCUT2D eigenvalue weighted by molar-refractivity contribution is -0.134. The molecule has 1 rings (SSSR count). The van der Waals surface area contributed by atoms with Crippen LogP contribution in [0, 0.1) is 6.92 Å². The number of ether oxygens (including phenoxy) is 2. The predicted octanol–water partition coefficient (Wildman–Crippen LogP) is 2.16. The molecule has 0 heterocycles. The molecule has 0 aliphatic heterocycles. The van der Waals surface area contributed by atoms with Gasteiger partial charge in [-0.2, -0.15) is 0 Å². The van der Waals surface area contributed by atoms with E-state index < -0.39 is 5.97 Å². The molecule has 0 N–H and O–H groups in total. The fourth-order valence-corrected chi connectivity index (χ4v) is 1.22. The number of oxime groups is 1. The van der Waals surface area contributed by atoms with Crippen molar-refractivity contribution in [3.05, 3.63) is 28.8 Å². The maximum absolute atomic E-state index is 11.3. The van der Waals surface area contributed by atoms with Gasteiger partial charge in [0.15, 0.2) is 0 Å². The van der Waals surface area contributed by atoms with Gasteiger partial charge in [0.05, 0.1) is 12.1 Å². The van der Waals surface area contributed by atoms with Crippen LogP contribution in [0.15, 0.2) is 23.4 Å². The van der Waals surface area contributed by atoms with Crippen molar-refractivity contribution < 1.29 is 19.1 Å². The predicted molar refractivity (Wildman–Crippen MR) is 63.3 cm³/mol. The fourth-order valence-electron chi connectivity index (χ4n) is 1.06. The molecule has 0 atom stereocenters. The van der Waals surface area contributed by atoms with Crippen LogP contribution in [0.2, 0.25) is 5.02 Å². The average molecular weight is 258 g/mol. The Bertz CT molecular complexity index is 445. The molecule has 0 aromatic heterocycles. The van der Waals surface area contributed by atoms with Crippen molar-refractivity contribution in [2.24, 2.45) is 5.16 Å². The van der Waals surface area contributed by atoms with Gasteiger partial charge in [0, 0.05) is 0 Å². The number of esters is 1. The molecule has 0 bridgehead atoms. The number of carbonyl (C=O) groups excluding carboxylic acids is 1. The smallest absolute Gasteiger partial charge is 0.397 e. The molecule has 17 heavy (non-hydrogen) atoms. The Balaban J connectivity index is 2.97. The zero-order chi connectivity index (χ0) is 12.8. The summed E-state index contributed by atoms with van der Waals surface area (Å²) in [5, 5.41) is 3.79. The van der Waals surface area contributed by atoms with E-state index in [-0.39, 0.29) is 5.90 Å². The number of halogens is 1. The van der Waals surface area contributed by atoms with E-state index in [0.717, 1.165) is 5.56 Å². The highest BCUT2D eigenvalue weighted by atomic mass is 35.5. The Morgan fingerprint density at radius 1 is 1.35 bits per heavy atom. The molecule has 1 aromatic rings. The summed E-state index contributed by atoms with van der Waals surface area (Å²) in [6.45, 7) is 1.87. The number of nitrogens with zero attached hydrogens (tertiary/aromatic N) is 1. The van der Waals surface area contributed by atoms with Crippen LogP contribution >= 0.6 is 11.6 Å². The molecular formula is C11H12ClNO4. The van der Waals surface area contributed by atoms with E-state index in [0.29, 0.717) is 10.8 Å². The van der Waals surface area contributed by atoms with E-state index in [1.165, 1.54) is 14.2 Å². The summed E-state index contributed by atoms with van der Waals surface area (Å²) in [4.78, 5) is 15.8. The summed E-state index contributed by atoms with van der Waals surface area (Å²) in [7, 11) is 2.51. The fraction of sp³-hybridized carbons (Fsp3) is 0.273. The molecule has 1 aromatic carbocycles. The van der Waals surface area contributed by atoms with Crippen LogP contribution in [-0.4, -0.2) is 26.1 Å². The number of rotatable bonds is 2. The van der Waals surface area contributed by atoms with Crippen molar-refractivity contribution in [1.82, 2.24) is 0 Å². The van der Waals surface area contributed by atoms with Crippen molar-refractivity contribution in [2.45, 2.75) is 6.92 Å². The highest BCUT2D eigenvalue weighted by Crippen LogP contribution is 2.25. The zero-order valence-electron chi connectivity index (χ0n) is 9.69. The SMILES string of the molecule is CO/N=C(/Oc1cc(C)ccc1Cl)C(=O)OC. The van der Waals surface area contributed by atoms with Crippen molar-refractivity contribution in [3.63, 3.8) is 0 Å². The van der Waals surface area contributed by atoms with Gasteiger partial charge in [0.25, 0.3) is 0 Å². The van der Waals surface area contributed by atoms with Gasteiger partial charge in [-0.25, -0.2) is 4.79 Å². The molecule has 92 valence electrons. The molecule has 0 aliphatic carbocycles. The van der Waals surface area contributed by atoms with Crippen LogP contribution in [0.5, 0.6) is 5.75 Å². The van der Waals surface area contributed by atoms with Crippen LogP contribution in [0.1, 0.15) is 5.56 Å². The van der Waals surface area contributed by atoms with Gasteiger partial charge in [-0.3, -0.25) is 0 Å². The van der Waals surface area contributed by atoms with E-state index in [4.69, 9.17) is 16.3 Å². The molecule has 0 amide bonds. The molecule has 0 aliphatic rings. The first-order valence-electron chi connectivity index (χ1n) is 4.72. The molecule has 0 saturated heterocycles. The lowest BCUT2D eigenvalue weighted by Crippen LogP contribution is -2.22. The molecule has 5 nitrogen and oxygen atoms in total. The second kappa shape index (κ2) is 6.10. The third-order valence-electron chi connectivity index (χ3n) is 1.83. The van der Waals surface area contributed by atoms with Gasteiger partial charge in [0.2, 0.25) is 0 Å². The Morgan fingerprint density at radius 2 is 2.06 bits per heavy atom. The van der Waals surface area contributed by atoms with Crippen molar-refractivity contribution in [1.29, 1.82) is 0 Å². The maximum atomic E-state index is 11.3. The Kier molecular flexibility index (Phi) is 4.78. The summed E-state index contributed by atoms with van der Waals surface area (Å²) < 4.78 is 9.73. The van der Waals surface area contributed by atoms with Crippen molar-refractivity contribution in [3.8, 4) is 5.75 Å². The van der Waals surface area contributed by atoms with Crippen molar-refractivity contribution in [2.75, 3.05) is 14.2 Å². The number of hydrogen-bond donors (Lipinski definition) is 0. The van der Waals surface area contributed by atoms with Crippen LogP contribution in [0.4, 0.5) is 0 Å². The van der Waals surface area contributed by atoms with Gasteiger partial charge in [-0.05, 0) is 29.8 Å². The Morgan fingerprint density at radius 3 is 2.65 bits per heavy atom. The van der Waals surface area contributed by atoms with Gasteiger partial charge in [-0.15, -0.1) is 0 Å². The second-order valence-corrected chi connectivity index (χ2v) is 3.51. The minimum Gasteiger partial charge on any atom is -0.462 e. The highest BCUT2D eigenvalue weighted by molar-refractivity contribution is 6.35. The van der Waals surface area contributed by atoms with E-state index in [2.05, 4.69) is 14.7 Å². The van der Waals surface area contributed by atoms with Crippen LogP contribution in [0.3, 0.4) is 0 Å². The highest BCUT2D eigenvalue weighted by Gasteiger charge is 2.17. The third-order valence-corrected chi connectivity index (χ3v) is 2.14. The largest absolute Gasteiger partial charge is 0.462 e. The minimum atomic E-state index is -0.746. The van der Waals surface area contributed by atoms with Crippen molar-refractivity contribution >= 4 is 23.5 Å². The van der Waals surface area contributed by atoms with E-state index >= 15 is 0 Å². The molecule has 0 fully saturated rings. The quantitative estimate of drug-likeness (QED) is 0.353. The summed E-state index contributed by atoms with van der Waals surface area (Å²) in [6, 6.07) is 5.16. The molecule has 0 saturated carbocycles. The summed E-state index contributed by atoms with van der Waals surface area (Å²) in [6.07, 6.45) is 0. The molecular weight excluding hydrogens is 246 g/mol. The summed E-state index contributed by atoms with van der Waals surface area (Å²) in [5.74, 6) is -0.750. The standard InChI is InChI=1S/C11H12ClNO4/c1-7-4-5-8(12)9(6-7)17-10(13-16-3)11(14)15-2/h4-6H,1-3H3/b13-10+. The topological polar surface area (TPSA) is 57.1 Å². The number of benzene rings is 1. The Labute approximate surface area is 104 Å². The summed E-state index contributed by atoms with van der Waals surface area (Å²) in [5.41, 5.74) is 0.936. The van der Waals surface area contributed by atoms with Gasteiger partial charge < -0.3 is 14.3 Å². The van der Waals surface area contributed by atoms with E-state index in [1.807, 2.05) is 13.0 Å². The number of methoxy groups -OCH3 is 1. The molecule has 6 heteroatoms. The monoisotopic (exact) mass is 257 g/mol. The number of aryl methyl sites for hydroxylation is 1.